The molecule has 0 bridgehead atoms. The van der Waals surface area contributed by atoms with Crippen LogP contribution in [0.1, 0.15) is 31.2 Å². The predicted octanol–water partition coefficient (Wildman–Crippen LogP) is 3.59. The van der Waals surface area contributed by atoms with Crippen LogP contribution < -0.4 is 9.47 Å². The molecule has 0 spiro atoms. The van der Waals surface area contributed by atoms with E-state index in [9.17, 15) is 0 Å². The Morgan fingerprint density at radius 2 is 1.89 bits per heavy atom. The minimum Gasteiger partial charge on any atom is -0.454 e. The Labute approximate surface area is 128 Å². The van der Waals surface area contributed by atoms with Crippen molar-refractivity contribution in [3.63, 3.8) is 0 Å². The lowest BCUT2D eigenvalue weighted by Gasteiger charge is -2.33. The SMILES string of the molecule is CN(Cc1ccc2c(c1)OCO2)C1CCC(I)CC1. The molecule has 0 unspecified atom stereocenters. The van der Waals surface area contributed by atoms with Crippen LogP contribution in [0.15, 0.2) is 18.2 Å². The maximum Gasteiger partial charge on any atom is 0.231 e. The van der Waals surface area contributed by atoms with E-state index in [0.717, 1.165) is 28.0 Å². The van der Waals surface area contributed by atoms with Crippen molar-refractivity contribution in [2.45, 2.75) is 42.2 Å². The van der Waals surface area contributed by atoms with E-state index in [1.54, 1.807) is 0 Å². The van der Waals surface area contributed by atoms with Gasteiger partial charge in [-0.3, -0.25) is 4.90 Å². The topological polar surface area (TPSA) is 21.7 Å². The number of benzene rings is 1. The summed E-state index contributed by atoms with van der Waals surface area (Å²) in [4.78, 5) is 2.49. The molecule has 1 aromatic carbocycles. The van der Waals surface area contributed by atoms with Gasteiger partial charge in [0, 0.05) is 16.5 Å². The standard InChI is InChI=1S/C15H20INO2/c1-17(13-5-3-12(16)4-6-13)9-11-2-7-14-15(8-11)19-10-18-14/h2,7-8,12-13H,3-6,9-10H2,1H3. The second kappa shape index (κ2) is 5.87. The molecule has 3 rings (SSSR count). The molecule has 0 radical (unpaired) electrons. The number of hydrogen-bond acceptors (Lipinski definition) is 3. The smallest absolute Gasteiger partial charge is 0.231 e. The summed E-state index contributed by atoms with van der Waals surface area (Å²) in [5, 5.41) is 0. The molecular formula is C15H20INO2. The van der Waals surface area contributed by atoms with Gasteiger partial charge in [-0.05, 0) is 50.4 Å². The average molecular weight is 373 g/mol. The normalized spacial score (nSPS) is 25.8. The Morgan fingerprint density at radius 3 is 2.68 bits per heavy atom. The first kappa shape index (κ1) is 13.5. The molecule has 1 heterocycles. The second-order valence-electron chi connectivity index (χ2n) is 5.51. The van der Waals surface area contributed by atoms with Gasteiger partial charge in [-0.15, -0.1) is 0 Å². The summed E-state index contributed by atoms with van der Waals surface area (Å²) in [6.07, 6.45) is 5.37. The van der Waals surface area contributed by atoms with Crippen LogP contribution >= 0.6 is 22.6 Å². The van der Waals surface area contributed by atoms with E-state index in [0.29, 0.717) is 6.79 Å². The molecule has 19 heavy (non-hydrogen) atoms. The molecule has 2 aliphatic rings. The van der Waals surface area contributed by atoms with Crippen LogP contribution in [0, 0.1) is 0 Å². The lowest BCUT2D eigenvalue weighted by atomic mass is 9.94. The highest BCUT2D eigenvalue weighted by Crippen LogP contribution is 2.33. The van der Waals surface area contributed by atoms with E-state index in [-0.39, 0.29) is 0 Å². The van der Waals surface area contributed by atoms with Gasteiger partial charge < -0.3 is 9.47 Å². The van der Waals surface area contributed by atoms with E-state index >= 15 is 0 Å². The van der Waals surface area contributed by atoms with Gasteiger partial charge in [0.2, 0.25) is 6.79 Å². The van der Waals surface area contributed by atoms with Crippen LogP contribution in [-0.2, 0) is 6.54 Å². The van der Waals surface area contributed by atoms with Crippen molar-refractivity contribution in [1.82, 2.24) is 4.90 Å². The summed E-state index contributed by atoms with van der Waals surface area (Å²) >= 11 is 2.58. The summed E-state index contributed by atoms with van der Waals surface area (Å²) in [5.74, 6) is 1.76. The molecule has 104 valence electrons. The van der Waals surface area contributed by atoms with Gasteiger partial charge in [0.1, 0.15) is 0 Å². The van der Waals surface area contributed by atoms with E-state index in [2.05, 4.69) is 46.7 Å². The Kier molecular flexibility index (Phi) is 4.17. The van der Waals surface area contributed by atoms with E-state index in [4.69, 9.17) is 9.47 Å². The lowest BCUT2D eigenvalue weighted by Crippen LogP contribution is -2.34. The molecule has 0 N–H and O–H groups in total. The quantitative estimate of drug-likeness (QED) is 0.597. The fraction of sp³-hybridized carbons (Fsp3) is 0.600. The van der Waals surface area contributed by atoms with Crippen molar-refractivity contribution in [3.05, 3.63) is 23.8 Å². The monoisotopic (exact) mass is 373 g/mol. The number of rotatable bonds is 3. The first-order chi connectivity index (χ1) is 9.22. The molecule has 1 aliphatic carbocycles. The zero-order valence-electron chi connectivity index (χ0n) is 11.3. The minimum absolute atomic E-state index is 0.355. The third kappa shape index (κ3) is 3.16. The molecule has 4 heteroatoms. The zero-order valence-corrected chi connectivity index (χ0v) is 13.4. The number of halogens is 1. The molecule has 1 aromatic rings. The number of fused-ring (bicyclic) bond motifs is 1. The van der Waals surface area contributed by atoms with Crippen LogP contribution in [0.2, 0.25) is 0 Å². The summed E-state index contributed by atoms with van der Waals surface area (Å²) in [6, 6.07) is 7.01. The maximum absolute atomic E-state index is 5.44. The van der Waals surface area contributed by atoms with Crippen LogP contribution in [0.5, 0.6) is 11.5 Å². The molecule has 1 saturated carbocycles. The third-order valence-electron chi connectivity index (χ3n) is 4.12. The number of nitrogens with zero attached hydrogens (tertiary/aromatic N) is 1. The van der Waals surface area contributed by atoms with Gasteiger partial charge in [-0.25, -0.2) is 0 Å². The van der Waals surface area contributed by atoms with Gasteiger partial charge in [-0.1, -0.05) is 28.7 Å². The van der Waals surface area contributed by atoms with Crippen LogP contribution in [0.3, 0.4) is 0 Å². The van der Waals surface area contributed by atoms with Crippen molar-refractivity contribution in [3.8, 4) is 11.5 Å². The van der Waals surface area contributed by atoms with Gasteiger partial charge in [0.25, 0.3) is 0 Å². The van der Waals surface area contributed by atoms with Crippen LogP contribution in [-0.4, -0.2) is 28.7 Å². The lowest BCUT2D eigenvalue weighted by molar-refractivity contribution is 0.173. The third-order valence-corrected chi connectivity index (χ3v) is 5.36. The highest BCUT2D eigenvalue weighted by Gasteiger charge is 2.23. The van der Waals surface area contributed by atoms with E-state index < -0.39 is 0 Å². The molecule has 0 atom stereocenters. The minimum atomic E-state index is 0.355. The summed E-state index contributed by atoms with van der Waals surface area (Å²) in [5.41, 5.74) is 1.31. The molecule has 0 amide bonds. The first-order valence-corrected chi connectivity index (χ1v) is 8.20. The van der Waals surface area contributed by atoms with E-state index in [1.807, 2.05) is 6.07 Å². The summed E-state index contributed by atoms with van der Waals surface area (Å²) < 4.78 is 11.7. The van der Waals surface area contributed by atoms with Gasteiger partial charge in [0.15, 0.2) is 11.5 Å². The Hall–Kier alpha value is -0.490. The zero-order chi connectivity index (χ0) is 13.2. The van der Waals surface area contributed by atoms with Crippen molar-refractivity contribution in [2.75, 3.05) is 13.8 Å². The molecule has 0 saturated heterocycles. The van der Waals surface area contributed by atoms with Gasteiger partial charge in [-0.2, -0.15) is 0 Å². The van der Waals surface area contributed by atoms with Crippen molar-refractivity contribution in [2.24, 2.45) is 0 Å². The largest absolute Gasteiger partial charge is 0.454 e. The summed E-state index contributed by atoms with van der Waals surface area (Å²) in [7, 11) is 2.24. The van der Waals surface area contributed by atoms with Crippen molar-refractivity contribution in [1.29, 1.82) is 0 Å². The molecule has 3 nitrogen and oxygen atoms in total. The number of ether oxygens (including phenoxy) is 2. The average Bonchev–Trinajstić information content (AvgIpc) is 2.87. The van der Waals surface area contributed by atoms with E-state index in [1.165, 1.54) is 31.2 Å². The highest BCUT2D eigenvalue weighted by atomic mass is 127. The fourth-order valence-corrected chi connectivity index (χ4v) is 3.65. The van der Waals surface area contributed by atoms with Gasteiger partial charge >= 0.3 is 0 Å². The second-order valence-corrected chi connectivity index (χ2v) is 7.27. The Bertz CT molecular complexity index is 444. The highest BCUT2D eigenvalue weighted by molar-refractivity contribution is 14.1. The number of alkyl halides is 1. The van der Waals surface area contributed by atoms with Crippen LogP contribution in [0.25, 0.3) is 0 Å². The molecule has 0 aromatic heterocycles. The van der Waals surface area contributed by atoms with Gasteiger partial charge in [0.05, 0.1) is 0 Å². The summed E-state index contributed by atoms with van der Waals surface area (Å²) in [6.45, 7) is 1.35. The Morgan fingerprint density at radius 1 is 1.16 bits per heavy atom. The maximum atomic E-state index is 5.44. The molecular weight excluding hydrogens is 353 g/mol. The Balaban J connectivity index is 1.61. The number of hydrogen-bond donors (Lipinski definition) is 0. The fourth-order valence-electron chi connectivity index (χ4n) is 2.93. The first-order valence-electron chi connectivity index (χ1n) is 6.95. The molecule has 1 aliphatic heterocycles. The van der Waals surface area contributed by atoms with Crippen molar-refractivity contribution >= 4 is 22.6 Å². The predicted molar refractivity (Wildman–Crippen MR) is 84.1 cm³/mol. The molecule has 1 fully saturated rings. The van der Waals surface area contributed by atoms with Crippen molar-refractivity contribution < 1.29 is 9.47 Å². The van der Waals surface area contributed by atoms with Crippen LogP contribution in [0.4, 0.5) is 0 Å².